The van der Waals surface area contributed by atoms with Gasteiger partial charge in [-0.1, -0.05) is 56.1 Å². The Hall–Kier alpha value is -2.80. The first-order chi connectivity index (χ1) is 14.6. The molecule has 6 nitrogen and oxygen atoms in total. The topological polar surface area (TPSA) is 79.8 Å². The van der Waals surface area contributed by atoms with Gasteiger partial charge in [0.1, 0.15) is 11.0 Å². The quantitative estimate of drug-likeness (QED) is 0.561. The van der Waals surface area contributed by atoms with Gasteiger partial charge in [0.05, 0.1) is 12.3 Å². The molecule has 0 unspecified atom stereocenters. The Balaban J connectivity index is 1.53. The van der Waals surface area contributed by atoms with Crippen molar-refractivity contribution in [3.63, 3.8) is 0 Å². The van der Waals surface area contributed by atoms with Crippen molar-refractivity contribution >= 4 is 40.1 Å². The van der Waals surface area contributed by atoms with E-state index in [1.54, 1.807) is 0 Å². The predicted molar refractivity (Wildman–Crippen MR) is 122 cm³/mol. The van der Waals surface area contributed by atoms with E-state index in [-0.39, 0.29) is 18.2 Å². The Bertz CT molecular complexity index is 869. The number of carbonyl (C=O) groups excluding carboxylic acids is 2. The smallest absolute Gasteiger partial charge is 0.238 e. The summed E-state index contributed by atoms with van der Waals surface area (Å²) >= 11 is 1.26. The molecule has 7 heteroatoms. The van der Waals surface area contributed by atoms with E-state index in [4.69, 9.17) is 4.74 Å². The van der Waals surface area contributed by atoms with Crippen LogP contribution < -0.4 is 15.4 Å². The largest absolute Gasteiger partial charge is 0.494 e. The molecule has 1 fully saturated rings. The number of amides is 2. The zero-order chi connectivity index (χ0) is 21.2. The number of rotatable bonds is 9. The molecule has 1 heterocycles. The lowest BCUT2D eigenvalue weighted by Gasteiger charge is -2.22. The number of amidine groups is 1. The van der Waals surface area contributed by atoms with Crippen LogP contribution in [0.4, 0.5) is 11.4 Å². The molecule has 3 rings (SSSR count). The van der Waals surface area contributed by atoms with Crippen LogP contribution in [0.15, 0.2) is 59.6 Å². The Morgan fingerprint density at radius 3 is 2.63 bits per heavy atom. The summed E-state index contributed by atoms with van der Waals surface area (Å²) < 4.78 is 5.73. The molecule has 1 atom stereocenters. The zero-order valence-electron chi connectivity index (χ0n) is 17.1. The van der Waals surface area contributed by atoms with Gasteiger partial charge in [-0.05, 0) is 42.8 Å². The van der Waals surface area contributed by atoms with Crippen molar-refractivity contribution in [1.82, 2.24) is 5.32 Å². The van der Waals surface area contributed by atoms with Crippen LogP contribution in [0.2, 0.25) is 0 Å². The molecule has 0 radical (unpaired) electrons. The van der Waals surface area contributed by atoms with E-state index in [0.29, 0.717) is 17.5 Å². The molecule has 1 aliphatic heterocycles. The van der Waals surface area contributed by atoms with E-state index in [1.165, 1.54) is 31.0 Å². The summed E-state index contributed by atoms with van der Waals surface area (Å²) in [5, 5.41) is 5.51. The molecule has 2 aromatic rings. The summed E-state index contributed by atoms with van der Waals surface area (Å²) in [7, 11) is 0. The van der Waals surface area contributed by atoms with Crippen LogP contribution in [-0.4, -0.2) is 28.8 Å². The summed E-state index contributed by atoms with van der Waals surface area (Å²) in [6.07, 6.45) is 4.76. The third-order valence-corrected chi connectivity index (χ3v) is 5.62. The number of thioether (sulfide) groups is 1. The maximum atomic E-state index is 12.7. The molecule has 1 saturated heterocycles. The van der Waals surface area contributed by atoms with Crippen molar-refractivity contribution in [2.45, 2.75) is 44.3 Å². The van der Waals surface area contributed by atoms with E-state index >= 15 is 0 Å². The van der Waals surface area contributed by atoms with Gasteiger partial charge < -0.3 is 15.4 Å². The number of unbranched alkanes of at least 4 members (excludes halogenated alkanes) is 3. The number of anilines is 1. The summed E-state index contributed by atoms with van der Waals surface area (Å²) in [5.41, 5.74) is 1.40. The van der Waals surface area contributed by atoms with E-state index in [0.717, 1.165) is 17.9 Å². The summed E-state index contributed by atoms with van der Waals surface area (Å²) in [6, 6.07) is 16.6. The number of nitrogens with zero attached hydrogens (tertiary/aromatic N) is 1. The maximum absolute atomic E-state index is 12.7. The zero-order valence-corrected chi connectivity index (χ0v) is 17.9. The number of aliphatic imine (C=N–C) groups is 1. The molecule has 30 heavy (non-hydrogen) atoms. The van der Waals surface area contributed by atoms with Gasteiger partial charge in [-0.2, -0.15) is 0 Å². The summed E-state index contributed by atoms with van der Waals surface area (Å²) in [5.74, 6) is 0.354. The lowest BCUT2D eigenvalue weighted by molar-refractivity contribution is -0.123. The minimum Gasteiger partial charge on any atom is -0.494 e. The normalized spacial score (nSPS) is 17.4. The van der Waals surface area contributed by atoms with Crippen LogP contribution in [0.25, 0.3) is 0 Å². The first-order valence-electron chi connectivity index (χ1n) is 10.3. The van der Waals surface area contributed by atoms with E-state index in [2.05, 4.69) is 22.5 Å². The molecular formula is C23H27N3O3S. The second kappa shape index (κ2) is 11.4. The van der Waals surface area contributed by atoms with Crippen molar-refractivity contribution in [3.8, 4) is 5.75 Å². The van der Waals surface area contributed by atoms with Gasteiger partial charge in [-0.25, -0.2) is 4.99 Å². The molecule has 0 spiro atoms. The first-order valence-corrected chi connectivity index (χ1v) is 11.2. The minimum absolute atomic E-state index is 0.114. The number of hydrogen-bond donors (Lipinski definition) is 2. The fraction of sp³-hybridized carbons (Fsp3) is 0.348. The third-order valence-electron chi connectivity index (χ3n) is 4.54. The van der Waals surface area contributed by atoms with Gasteiger partial charge in [-0.15, -0.1) is 0 Å². The van der Waals surface area contributed by atoms with Crippen LogP contribution in [0.3, 0.4) is 0 Å². The molecule has 2 aromatic carbocycles. The van der Waals surface area contributed by atoms with Crippen molar-refractivity contribution < 1.29 is 14.3 Å². The van der Waals surface area contributed by atoms with Crippen molar-refractivity contribution in [2.75, 3.05) is 11.9 Å². The lowest BCUT2D eigenvalue weighted by Crippen LogP contribution is -2.41. The van der Waals surface area contributed by atoms with Gasteiger partial charge in [-0.3, -0.25) is 9.59 Å². The van der Waals surface area contributed by atoms with Gasteiger partial charge in [0, 0.05) is 12.1 Å². The number of benzene rings is 2. The number of carbonyl (C=O) groups is 2. The van der Waals surface area contributed by atoms with E-state index in [1.807, 2.05) is 54.6 Å². The lowest BCUT2D eigenvalue weighted by atomic mass is 10.2. The van der Waals surface area contributed by atoms with Gasteiger partial charge in [0.2, 0.25) is 11.8 Å². The fourth-order valence-electron chi connectivity index (χ4n) is 2.94. The molecule has 2 N–H and O–H groups in total. The monoisotopic (exact) mass is 425 g/mol. The van der Waals surface area contributed by atoms with E-state index < -0.39 is 5.25 Å². The van der Waals surface area contributed by atoms with Crippen LogP contribution in [0, 0.1) is 0 Å². The summed E-state index contributed by atoms with van der Waals surface area (Å²) in [6.45, 7) is 2.88. The molecule has 0 bridgehead atoms. The number of nitrogens with one attached hydrogen (secondary N) is 2. The Morgan fingerprint density at radius 2 is 1.90 bits per heavy atom. The van der Waals surface area contributed by atoms with Crippen LogP contribution in [0.5, 0.6) is 5.75 Å². The molecule has 0 saturated carbocycles. The number of ether oxygens (including phenoxy) is 1. The predicted octanol–water partition coefficient (Wildman–Crippen LogP) is 4.89. The SMILES string of the molecule is CCCCCCOc1ccc(NC(=O)[C@@H]2CC(=O)NC(=Nc3ccccc3)S2)cc1. The van der Waals surface area contributed by atoms with Gasteiger partial charge >= 0.3 is 0 Å². The molecule has 158 valence electrons. The molecule has 0 aliphatic carbocycles. The third kappa shape index (κ3) is 6.91. The minimum atomic E-state index is -0.532. The highest BCUT2D eigenvalue weighted by Gasteiger charge is 2.30. The average molecular weight is 426 g/mol. The molecule has 2 amide bonds. The fourth-order valence-corrected chi connectivity index (χ4v) is 3.94. The highest BCUT2D eigenvalue weighted by Crippen LogP contribution is 2.25. The van der Waals surface area contributed by atoms with Gasteiger partial charge in [0.15, 0.2) is 5.17 Å². The Kier molecular flexibility index (Phi) is 8.32. The van der Waals surface area contributed by atoms with Crippen LogP contribution >= 0.6 is 11.8 Å². The molecule has 1 aliphatic rings. The average Bonchev–Trinajstić information content (AvgIpc) is 2.75. The highest BCUT2D eigenvalue weighted by atomic mass is 32.2. The Labute approximate surface area is 181 Å². The van der Waals surface area contributed by atoms with Crippen LogP contribution in [0.1, 0.15) is 39.0 Å². The maximum Gasteiger partial charge on any atom is 0.238 e. The van der Waals surface area contributed by atoms with Gasteiger partial charge in [0.25, 0.3) is 0 Å². The Morgan fingerprint density at radius 1 is 1.13 bits per heavy atom. The van der Waals surface area contributed by atoms with Crippen LogP contribution in [-0.2, 0) is 9.59 Å². The first kappa shape index (κ1) is 21.9. The van der Waals surface area contributed by atoms with E-state index in [9.17, 15) is 9.59 Å². The summed E-state index contributed by atoms with van der Waals surface area (Å²) in [4.78, 5) is 29.1. The standard InChI is InChI=1S/C23H27N3O3S/c1-2-3-4-8-15-29-19-13-11-18(12-14-19)24-22(28)20-16-21(27)26-23(30-20)25-17-9-6-5-7-10-17/h5-7,9-14,20H,2-4,8,15-16H2,1H3,(H,24,28)(H,25,26,27)/t20-/m0/s1. The molecule has 0 aromatic heterocycles. The highest BCUT2D eigenvalue weighted by molar-refractivity contribution is 8.15. The van der Waals surface area contributed by atoms with Crippen molar-refractivity contribution in [3.05, 3.63) is 54.6 Å². The second-order valence-electron chi connectivity index (χ2n) is 7.03. The van der Waals surface area contributed by atoms with Crippen molar-refractivity contribution in [1.29, 1.82) is 0 Å². The number of hydrogen-bond acceptors (Lipinski definition) is 5. The molecular weight excluding hydrogens is 398 g/mol. The van der Waals surface area contributed by atoms with Crippen molar-refractivity contribution in [2.24, 2.45) is 4.99 Å². The number of para-hydroxylation sites is 1. The second-order valence-corrected chi connectivity index (χ2v) is 8.23.